The largest absolute Gasteiger partial charge is 0.409 e. The summed E-state index contributed by atoms with van der Waals surface area (Å²) in [5, 5.41) is 14.0. The molecule has 21 heavy (non-hydrogen) atoms. The van der Waals surface area contributed by atoms with Gasteiger partial charge in [-0.1, -0.05) is 29.4 Å². The van der Waals surface area contributed by atoms with Gasteiger partial charge in [-0.25, -0.2) is 0 Å². The van der Waals surface area contributed by atoms with Gasteiger partial charge in [0.2, 0.25) is 0 Å². The monoisotopic (exact) mass is 301 g/mol. The van der Waals surface area contributed by atoms with Gasteiger partial charge in [-0.15, -0.1) is 11.3 Å². The number of benzene rings is 1. The third kappa shape index (κ3) is 3.62. The molecule has 2 aromatic rings. The molecule has 4 nitrogen and oxygen atoms in total. The van der Waals surface area contributed by atoms with Crippen molar-refractivity contribution in [3.63, 3.8) is 0 Å². The molecule has 5 heteroatoms. The van der Waals surface area contributed by atoms with Gasteiger partial charge in [-0.2, -0.15) is 0 Å². The van der Waals surface area contributed by atoms with Crippen molar-refractivity contribution in [2.75, 3.05) is 0 Å². The summed E-state index contributed by atoms with van der Waals surface area (Å²) in [7, 11) is 0. The third-order valence-corrected chi connectivity index (χ3v) is 4.58. The Morgan fingerprint density at radius 1 is 1.29 bits per heavy atom. The van der Waals surface area contributed by atoms with Crippen LogP contribution in [0.3, 0.4) is 0 Å². The topological polar surface area (TPSA) is 61.9 Å². The number of amidine groups is 1. The minimum atomic E-state index is 0.160. The molecule has 0 saturated heterocycles. The van der Waals surface area contributed by atoms with Crippen LogP contribution in [0.1, 0.15) is 28.8 Å². The summed E-state index contributed by atoms with van der Waals surface area (Å²) in [4.78, 5) is 3.91. The molecule has 1 fully saturated rings. The van der Waals surface area contributed by atoms with Crippen LogP contribution in [0.5, 0.6) is 0 Å². The van der Waals surface area contributed by atoms with E-state index in [0.717, 1.165) is 18.7 Å². The summed E-state index contributed by atoms with van der Waals surface area (Å²) in [6, 6.07) is 12.9. The van der Waals surface area contributed by atoms with Gasteiger partial charge >= 0.3 is 0 Å². The number of thiophene rings is 1. The van der Waals surface area contributed by atoms with E-state index >= 15 is 0 Å². The van der Waals surface area contributed by atoms with E-state index in [1.165, 1.54) is 23.3 Å². The van der Waals surface area contributed by atoms with E-state index in [4.69, 9.17) is 10.9 Å². The zero-order valence-corrected chi connectivity index (χ0v) is 12.6. The smallest absolute Gasteiger partial charge is 0.170 e. The molecule has 0 radical (unpaired) electrons. The summed E-state index contributed by atoms with van der Waals surface area (Å²) in [5.41, 5.74) is 7.63. The zero-order valence-electron chi connectivity index (χ0n) is 11.8. The third-order valence-electron chi connectivity index (χ3n) is 3.72. The molecular weight excluding hydrogens is 282 g/mol. The normalized spacial score (nSPS) is 15.6. The minimum absolute atomic E-state index is 0.160. The van der Waals surface area contributed by atoms with Crippen LogP contribution in [-0.2, 0) is 13.1 Å². The molecule has 0 unspecified atom stereocenters. The Morgan fingerprint density at radius 2 is 2.14 bits per heavy atom. The summed E-state index contributed by atoms with van der Waals surface area (Å²) in [6.45, 7) is 1.89. The Hall–Kier alpha value is -1.85. The second-order valence-electron chi connectivity index (χ2n) is 5.40. The van der Waals surface area contributed by atoms with E-state index in [1.54, 1.807) is 11.3 Å². The predicted octanol–water partition coefficient (Wildman–Crippen LogP) is 3.01. The average Bonchev–Trinajstić information content (AvgIpc) is 3.24. The van der Waals surface area contributed by atoms with E-state index in [-0.39, 0.29) is 5.84 Å². The van der Waals surface area contributed by atoms with Crippen LogP contribution in [0, 0.1) is 0 Å². The fourth-order valence-corrected chi connectivity index (χ4v) is 3.21. The summed E-state index contributed by atoms with van der Waals surface area (Å²) in [6.07, 6.45) is 2.57. The molecule has 1 saturated carbocycles. The molecule has 0 bridgehead atoms. The van der Waals surface area contributed by atoms with Crippen molar-refractivity contribution in [3.8, 4) is 0 Å². The number of hydrogen-bond donors (Lipinski definition) is 2. The first-order chi connectivity index (χ1) is 10.3. The molecule has 3 N–H and O–H groups in total. The molecular formula is C16H19N3OS. The lowest BCUT2D eigenvalue weighted by molar-refractivity contribution is 0.248. The van der Waals surface area contributed by atoms with Crippen LogP contribution < -0.4 is 5.73 Å². The maximum absolute atomic E-state index is 8.78. The van der Waals surface area contributed by atoms with Crippen molar-refractivity contribution < 1.29 is 5.21 Å². The van der Waals surface area contributed by atoms with Gasteiger partial charge in [0.05, 0.1) is 0 Å². The molecule has 1 aliphatic rings. The van der Waals surface area contributed by atoms with Crippen molar-refractivity contribution >= 4 is 17.2 Å². The van der Waals surface area contributed by atoms with Crippen LogP contribution in [-0.4, -0.2) is 22.0 Å². The molecule has 110 valence electrons. The van der Waals surface area contributed by atoms with E-state index < -0.39 is 0 Å². The maximum Gasteiger partial charge on any atom is 0.170 e. The first-order valence-corrected chi connectivity index (χ1v) is 7.97. The van der Waals surface area contributed by atoms with Crippen molar-refractivity contribution in [1.82, 2.24) is 4.90 Å². The van der Waals surface area contributed by atoms with Gasteiger partial charge in [0.25, 0.3) is 0 Å². The fraction of sp³-hybridized carbons (Fsp3) is 0.312. The molecule has 0 aliphatic heterocycles. The van der Waals surface area contributed by atoms with E-state index in [2.05, 4.69) is 33.6 Å². The first kappa shape index (κ1) is 14.1. The van der Waals surface area contributed by atoms with Gasteiger partial charge < -0.3 is 10.9 Å². The van der Waals surface area contributed by atoms with Crippen molar-refractivity contribution in [3.05, 3.63) is 57.8 Å². The van der Waals surface area contributed by atoms with Crippen molar-refractivity contribution in [1.29, 1.82) is 0 Å². The molecule has 0 atom stereocenters. The highest BCUT2D eigenvalue weighted by Gasteiger charge is 2.29. The molecule has 1 heterocycles. The van der Waals surface area contributed by atoms with Gasteiger partial charge in [0, 0.05) is 29.6 Å². The Labute approximate surface area is 128 Å². The minimum Gasteiger partial charge on any atom is -0.409 e. The van der Waals surface area contributed by atoms with Crippen molar-refractivity contribution in [2.45, 2.75) is 32.0 Å². The molecule has 1 aliphatic carbocycles. The summed E-state index contributed by atoms with van der Waals surface area (Å²) >= 11 is 1.80. The van der Waals surface area contributed by atoms with E-state index in [0.29, 0.717) is 6.04 Å². The Balaban J connectivity index is 1.73. The maximum atomic E-state index is 8.78. The van der Waals surface area contributed by atoms with Gasteiger partial charge in [0.15, 0.2) is 5.84 Å². The molecule has 3 rings (SSSR count). The highest BCUT2D eigenvalue weighted by atomic mass is 32.1. The Bertz CT molecular complexity index is 620. The fourth-order valence-electron chi connectivity index (χ4n) is 2.48. The summed E-state index contributed by atoms with van der Waals surface area (Å²) < 4.78 is 0. The molecule has 0 spiro atoms. The highest BCUT2D eigenvalue weighted by molar-refractivity contribution is 7.09. The average molecular weight is 301 g/mol. The summed E-state index contributed by atoms with van der Waals surface area (Å²) in [5.74, 6) is 0.160. The van der Waals surface area contributed by atoms with Gasteiger partial charge in [-0.3, -0.25) is 4.90 Å². The van der Waals surface area contributed by atoms with Crippen molar-refractivity contribution in [2.24, 2.45) is 10.9 Å². The lowest BCUT2D eigenvalue weighted by Crippen LogP contribution is -2.25. The highest BCUT2D eigenvalue weighted by Crippen LogP contribution is 2.30. The van der Waals surface area contributed by atoms with Crippen LogP contribution in [0.2, 0.25) is 0 Å². The second kappa shape index (κ2) is 6.28. The number of hydrogen-bond acceptors (Lipinski definition) is 4. The number of oxime groups is 1. The molecule has 1 aromatic carbocycles. The van der Waals surface area contributed by atoms with Crippen LogP contribution in [0.15, 0.2) is 46.9 Å². The molecule has 1 aromatic heterocycles. The number of rotatable bonds is 6. The zero-order chi connectivity index (χ0) is 14.7. The van der Waals surface area contributed by atoms with E-state index in [1.807, 2.05) is 18.2 Å². The first-order valence-electron chi connectivity index (χ1n) is 7.09. The van der Waals surface area contributed by atoms with E-state index in [9.17, 15) is 0 Å². The SMILES string of the molecule is NC(=NO)c1cccc(CN(Cc2cccs2)C2CC2)c1. The van der Waals surface area contributed by atoms with Gasteiger partial charge in [0.1, 0.15) is 0 Å². The van der Waals surface area contributed by atoms with Gasteiger partial charge in [-0.05, 0) is 35.9 Å². The lowest BCUT2D eigenvalue weighted by atomic mass is 10.1. The van der Waals surface area contributed by atoms with Crippen LogP contribution in [0.4, 0.5) is 0 Å². The lowest BCUT2D eigenvalue weighted by Gasteiger charge is -2.21. The second-order valence-corrected chi connectivity index (χ2v) is 6.43. The predicted molar refractivity (Wildman–Crippen MR) is 85.5 cm³/mol. The Kier molecular flexibility index (Phi) is 4.22. The standard InChI is InChI=1S/C16H19N3OS/c17-16(18-20)13-4-1-3-12(9-13)10-19(14-6-7-14)11-15-5-2-8-21-15/h1-5,8-9,14,20H,6-7,10-11H2,(H2,17,18). The van der Waals surface area contributed by atoms with Crippen LogP contribution >= 0.6 is 11.3 Å². The Morgan fingerprint density at radius 3 is 2.81 bits per heavy atom. The number of nitrogens with two attached hydrogens (primary N) is 1. The number of nitrogens with zero attached hydrogens (tertiary/aromatic N) is 2. The van der Waals surface area contributed by atoms with Crippen LogP contribution in [0.25, 0.3) is 0 Å². The quantitative estimate of drug-likeness (QED) is 0.373. The molecule has 0 amide bonds.